The lowest BCUT2D eigenvalue weighted by molar-refractivity contribution is 0.618. The van der Waals surface area contributed by atoms with Gasteiger partial charge >= 0.3 is 0 Å². The van der Waals surface area contributed by atoms with E-state index in [1.807, 2.05) is 6.92 Å². The molecule has 0 saturated heterocycles. The summed E-state index contributed by atoms with van der Waals surface area (Å²) in [6, 6.07) is 3.28. The molecule has 0 N–H and O–H groups in total. The standard InChI is InChI=1S/C20H16BrFN6/c1-11-6-14(21)15(22)7-16(11)28-19(12-9-24-27-5-4-23-10-17(12)27)25-18(26-28)13-8-20(13)2-3-20/h4-7,9-10,13H,2-3,8H2,1H3. The van der Waals surface area contributed by atoms with Crippen molar-refractivity contribution in [3.05, 3.63) is 58.6 Å². The van der Waals surface area contributed by atoms with Crippen molar-refractivity contribution in [2.75, 3.05) is 0 Å². The van der Waals surface area contributed by atoms with E-state index < -0.39 is 0 Å². The quantitative estimate of drug-likeness (QED) is 0.473. The molecule has 2 aliphatic rings. The molecule has 2 aliphatic carbocycles. The van der Waals surface area contributed by atoms with Crippen LogP contribution in [0.3, 0.4) is 0 Å². The zero-order valence-corrected chi connectivity index (χ0v) is 16.7. The molecule has 1 aromatic carbocycles. The summed E-state index contributed by atoms with van der Waals surface area (Å²) in [6.07, 6.45) is 10.7. The molecule has 0 aliphatic heterocycles. The van der Waals surface area contributed by atoms with Gasteiger partial charge in [-0.05, 0) is 59.2 Å². The predicted octanol–water partition coefficient (Wildman–Crippen LogP) is 4.45. The van der Waals surface area contributed by atoms with Gasteiger partial charge in [0.1, 0.15) is 5.82 Å². The highest BCUT2D eigenvalue weighted by Gasteiger charge is 2.64. The molecule has 0 radical (unpaired) electrons. The van der Waals surface area contributed by atoms with E-state index in [9.17, 15) is 4.39 Å². The number of aryl methyl sites for hydroxylation is 1. The summed E-state index contributed by atoms with van der Waals surface area (Å²) in [6.45, 7) is 1.95. The Balaban J connectivity index is 1.58. The van der Waals surface area contributed by atoms with E-state index in [-0.39, 0.29) is 5.82 Å². The van der Waals surface area contributed by atoms with Crippen molar-refractivity contribution in [2.45, 2.75) is 32.1 Å². The lowest BCUT2D eigenvalue weighted by Gasteiger charge is -2.09. The van der Waals surface area contributed by atoms with Crippen molar-refractivity contribution in [2.24, 2.45) is 5.41 Å². The maximum absolute atomic E-state index is 14.3. The Morgan fingerprint density at radius 2 is 2.11 bits per heavy atom. The zero-order chi connectivity index (χ0) is 19.0. The Bertz CT molecular complexity index is 1260. The second kappa shape index (κ2) is 5.47. The number of halogens is 2. The van der Waals surface area contributed by atoms with E-state index >= 15 is 0 Å². The molecular weight excluding hydrogens is 423 g/mol. The first-order valence-electron chi connectivity index (χ1n) is 9.26. The molecule has 8 heteroatoms. The average molecular weight is 439 g/mol. The third-order valence-corrected chi connectivity index (χ3v) is 6.66. The maximum Gasteiger partial charge on any atom is 0.167 e. The molecule has 3 aromatic heterocycles. The summed E-state index contributed by atoms with van der Waals surface area (Å²) < 4.78 is 18.3. The maximum atomic E-state index is 14.3. The van der Waals surface area contributed by atoms with Crippen LogP contribution in [0.2, 0.25) is 0 Å². The summed E-state index contributed by atoms with van der Waals surface area (Å²) in [4.78, 5) is 9.13. The van der Waals surface area contributed by atoms with Gasteiger partial charge in [0.2, 0.25) is 0 Å². The zero-order valence-electron chi connectivity index (χ0n) is 15.1. The molecule has 2 fully saturated rings. The predicted molar refractivity (Wildman–Crippen MR) is 105 cm³/mol. The van der Waals surface area contributed by atoms with Crippen LogP contribution >= 0.6 is 15.9 Å². The van der Waals surface area contributed by atoms with Gasteiger partial charge in [-0.3, -0.25) is 4.98 Å². The van der Waals surface area contributed by atoms with Gasteiger partial charge in [-0.25, -0.2) is 18.6 Å². The molecule has 1 unspecified atom stereocenters. The molecule has 28 heavy (non-hydrogen) atoms. The summed E-state index contributed by atoms with van der Waals surface area (Å²) in [7, 11) is 0. The van der Waals surface area contributed by atoms with Gasteiger partial charge < -0.3 is 0 Å². The van der Waals surface area contributed by atoms with Crippen molar-refractivity contribution in [1.29, 1.82) is 0 Å². The first-order valence-corrected chi connectivity index (χ1v) is 10.1. The highest BCUT2D eigenvalue weighted by atomic mass is 79.9. The monoisotopic (exact) mass is 438 g/mol. The molecular formula is C20H16BrFN6. The molecule has 1 spiro atoms. The van der Waals surface area contributed by atoms with Gasteiger partial charge in [-0.1, -0.05) is 0 Å². The molecule has 6 nitrogen and oxygen atoms in total. The van der Waals surface area contributed by atoms with Crippen molar-refractivity contribution in [3.8, 4) is 17.1 Å². The summed E-state index contributed by atoms with van der Waals surface area (Å²) in [5.74, 6) is 1.60. The first kappa shape index (κ1) is 16.4. The van der Waals surface area contributed by atoms with Crippen LogP contribution < -0.4 is 0 Å². The smallest absolute Gasteiger partial charge is 0.167 e. The van der Waals surface area contributed by atoms with E-state index in [4.69, 9.17) is 10.1 Å². The summed E-state index contributed by atoms with van der Waals surface area (Å²) >= 11 is 3.26. The van der Waals surface area contributed by atoms with Crippen molar-refractivity contribution in [3.63, 3.8) is 0 Å². The fraction of sp³-hybridized carbons (Fsp3) is 0.300. The SMILES string of the molecule is Cc1cc(Br)c(F)cc1-n1nc(C2CC23CC3)nc1-c1cnn2ccncc12. The van der Waals surface area contributed by atoms with Crippen LogP contribution in [-0.2, 0) is 0 Å². The molecule has 0 amide bonds. The molecule has 0 bridgehead atoms. The van der Waals surface area contributed by atoms with E-state index in [1.165, 1.54) is 18.9 Å². The fourth-order valence-corrected chi connectivity index (χ4v) is 4.57. The van der Waals surface area contributed by atoms with Crippen LogP contribution in [0.25, 0.3) is 22.6 Å². The molecule has 2 saturated carbocycles. The number of rotatable bonds is 3. The largest absolute Gasteiger partial charge is 0.261 e. The minimum Gasteiger partial charge on any atom is -0.261 e. The van der Waals surface area contributed by atoms with Gasteiger partial charge in [-0.15, -0.1) is 0 Å². The van der Waals surface area contributed by atoms with E-state index in [1.54, 1.807) is 40.1 Å². The second-order valence-electron chi connectivity index (χ2n) is 7.84. The van der Waals surface area contributed by atoms with Gasteiger partial charge in [0.05, 0.1) is 33.6 Å². The Morgan fingerprint density at radius 3 is 2.89 bits per heavy atom. The Morgan fingerprint density at radius 1 is 1.25 bits per heavy atom. The van der Waals surface area contributed by atoms with Crippen molar-refractivity contribution >= 4 is 21.4 Å². The number of hydrogen-bond donors (Lipinski definition) is 0. The van der Waals surface area contributed by atoms with E-state index in [0.717, 1.165) is 28.9 Å². The topological polar surface area (TPSA) is 60.9 Å². The Kier molecular flexibility index (Phi) is 3.19. The first-order chi connectivity index (χ1) is 13.6. The molecule has 4 aromatic rings. The number of aromatic nitrogens is 6. The highest BCUT2D eigenvalue weighted by molar-refractivity contribution is 9.10. The minimum absolute atomic E-state index is 0.324. The van der Waals surface area contributed by atoms with Crippen LogP contribution in [-0.4, -0.2) is 29.4 Å². The molecule has 140 valence electrons. The number of fused-ring (bicyclic) bond motifs is 1. The summed E-state index contributed by atoms with van der Waals surface area (Å²) in [5, 5.41) is 9.25. The normalized spacial score (nSPS) is 19.5. The number of nitrogens with zero attached hydrogens (tertiary/aromatic N) is 6. The van der Waals surface area contributed by atoms with Gasteiger partial charge in [0, 0.05) is 24.4 Å². The van der Waals surface area contributed by atoms with Crippen LogP contribution in [0.1, 0.15) is 36.6 Å². The average Bonchev–Trinajstić information content (AvgIpc) is 3.51. The van der Waals surface area contributed by atoms with E-state index in [0.29, 0.717) is 27.3 Å². The molecule has 3 heterocycles. The Hall–Kier alpha value is -2.61. The fourth-order valence-electron chi connectivity index (χ4n) is 4.11. The van der Waals surface area contributed by atoms with Crippen LogP contribution in [0, 0.1) is 18.2 Å². The van der Waals surface area contributed by atoms with E-state index in [2.05, 4.69) is 26.0 Å². The van der Waals surface area contributed by atoms with Crippen molar-refractivity contribution in [1.82, 2.24) is 29.4 Å². The van der Waals surface area contributed by atoms with Gasteiger partial charge in [-0.2, -0.15) is 10.2 Å². The second-order valence-corrected chi connectivity index (χ2v) is 8.70. The highest BCUT2D eigenvalue weighted by Crippen LogP contribution is 2.74. The molecule has 1 atom stereocenters. The number of benzene rings is 1. The van der Waals surface area contributed by atoms with Crippen LogP contribution in [0.15, 0.2) is 41.4 Å². The minimum atomic E-state index is -0.324. The lowest BCUT2D eigenvalue weighted by atomic mass is 10.2. The lowest BCUT2D eigenvalue weighted by Crippen LogP contribution is -2.03. The summed E-state index contributed by atoms with van der Waals surface area (Å²) in [5.41, 5.74) is 3.71. The van der Waals surface area contributed by atoms with Gasteiger partial charge in [0.25, 0.3) is 0 Å². The molecule has 6 rings (SSSR count). The van der Waals surface area contributed by atoms with Crippen LogP contribution in [0.5, 0.6) is 0 Å². The van der Waals surface area contributed by atoms with Gasteiger partial charge in [0.15, 0.2) is 11.6 Å². The Labute approximate surface area is 168 Å². The van der Waals surface area contributed by atoms with Crippen molar-refractivity contribution < 1.29 is 4.39 Å². The third-order valence-electron chi connectivity index (χ3n) is 6.05. The number of hydrogen-bond acceptors (Lipinski definition) is 4. The van der Waals surface area contributed by atoms with Crippen LogP contribution in [0.4, 0.5) is 4.39 Å². The third kappa shape index (κ3) is 2.30.